The molecule has 7 nitrogen and oxygen atoms in total. The first-order chi connectivity index (χ1) is 13.2. The van der Waals surface area contributed by atoms with Crippen LogP contribution in [0.5, 0.6) is 5.75 Å². The Morgan fingerprint density at radius 3 is 2.29 bits per heavy atom. The Morgan fingerprint density at radius 1 is 1.14 bits per heavy atom. The van der Waals surface area contributed by atoms with Crippen LogP contribution in [-0.2, 0) is 9.53 Å². The molecular weight excluding hydrogens is 381 g/mol. The Bertz CT molecular complexity index is 698. The van der Waals surface area contributed by atoms with Crippen molar-refractivity contribution in [3.8, 4) is 5.75 Å². The molecule has 1 aliphatic heterocycles. The summed E-state index contributed by atoms with van der Waals surface area (Å²) < 4.78 is 46.2. The van der Waals surface area contributed by atoms with Gasteiger partial charge in [-0.05, 0) is 49.9 Å². The van der Waals surface area contributed by atoms with E-state index in [0.29, 0.717) is 31.5 Å². The molecule has 0 aromatic heterocycles. The summed E-state index contributed by atoms with van der Waals surface area (Å²) in [6.45, 7) is 2.53. The van der Waals surface area contributed by atoms with E-state index in [-0.39, 0.29) is 30.7 Å². The summed E-state index contributed by atoms with van der Waals surface area (Å²) in [6.07, 6.45) is -4.73. The van der Waals surface area contributed by atoms with Gasteiger partial charge in [-0.1, -0.05) is 0 Å². The fourth-order valence-corrected chi connectivity index (χ4v) is 2.77. The van der Waals surface area contributed by atoms with Crippen molar-refractivity contribution in [2.75, 3.05) is 26.2 Å². The Kier molecular flexibility index (Phi) is 7.24. The second-order valence-corrected chi connectivity index (χ2v) is 6.25. The van der Waals surface area contributed by atoms with E-state index in [4.69, 9.17) is 4.74 Å². The molecule has 1 aliphatic rings. The zero-order valence-electron chi connectivity index (χ0n) is 15.3. The Balaban J connectivity index is 1.81. The molecule has 1 heterocycles. The SMILES string of the molecule is CCOC(=O)Oc1ccc(C(=O)N2CCC(CNC(=O)C(F)(F)F)CC2)cc1. The van der Waals surface area contributed by atoms with Crippen LogP contribution in [0.4, 0.5) is 18.0 Å². The van der Waals surface area contributed by atoms with Crippen LogP contribution in [0.15, 0.2) is 24.3 Å². The molecule has 2 amide bonds. The van der Waals surface area contributed by atoms with Crippen LogP contribution >= 0.6 is 0 Å². The van der Waals surface area contributed by atoms with Crippen LogP contribution in [0, 0.1) is 5.92 Å². The van der Waals surface area contributed by atoms with E-state index in [1.54, 1.807) is 11.8 Å². The smallest absolute Gasteiger partial charge is 0.434 e. The molecule has 0 unspecified atom stereocenters. The average Bonchev–Trinajstić information content (AvgIpc) is 2.66. The standard InChI is InChI=1S/C18H21F3N2O5/c1-2-27-17(26)28-14-5-3-13(4-6-14)15(24)23-9-7-12(8-10-23)11-22-16(25)18(19,20)21/h3-6,12H,2,7-11H2,1H3,(H,22,25). The van der Waals surface area contributed by atoms with Gasteiger partial charge in [-0.2, -0.15) is 13.2 Å². The van der Waals surface area contributed by atoms with Crippen LogP contribution in [0.2, 0.25) is 0 Å². The minimum atomic E-state index is -4.89. The van der Waals surface area contributed by atoms with Gasteiger partial charge in [0.1, 0.15) is 5.75 Å². The Labute approximate surface area is 159 Å². The summed E-state index contributed by atoms with van der Waals surface area (Å²) in [7, 11) is 0. The summed E-state index contributed by atoms with van der Waals surface area (Å²) in [5.74, 6) is -2.04. The number of hydrogen-bond donors (Lipinski definition) is 1. The summed E-state index contributed by atoms with van der Waals surface area (Å²) in [6, 6.07) is 5.99. The van der Waals surface area contributed by atoms with Crippen molar-refractivity contribution >= 4 is 18.0 Å². The van der Waals surface area contributed by atoms with E-state index in [9.17, 15) is 27.6 Å². The number of carbonyl (C=O) groups excluding carboxylic acids is 3. The molecule has 28 heavy (non-hydrogen) atoms. The van der Waals surface area contributed by atoms with Crippen molar-refractivity contribution < 1.29 is 37.0 Å². The van der Waals surface area contributed by atoms with Crippen molar-refractivity contribution in [3.05, 3.63) is 29.8 Å². The van der Waals surface area contributed by atoms with Crippen LogP contribution in [0.3, 0.4) is 0 Å². The number of piperidine rings is 1. The lowest BCUT2D eigenvalue weighted by atomic mass is 9.96. The summed E-state index contributed by atoms with van der Waals surface area (Å²) in [5.41, 5.74) is 0.403. The maximum atomic E-state index is 12.5. The third kappa shape index (κ3) is 6.14. The number of amides is 2. The van der Waals surface area contributed by atoms with E-state index in [1.165, 1.54) is 24.3 Å². The maximum Gasteiger partial charge on any atom is 0.513 e. The third-order valence-electron chi connectivity index (χ3n) is 4.28. The van der Waals surface area contributed by atoms with Crippen LogP contribution < -0.4 is 10.1 Å². The van der Waals surface area contributed by atoms with E-state index < -0.39 is 18.2 Å². The van der Waals surface area contributed by atoms with Crippen molar-refractivity contribution in [1.82, 2.24) is 10.2 Å². The lowest BCUT2D eigenvalue weighted by Crippen LogP contribution is -2.44. The molecule has 0 aliphatic carbocycles. The first kappa shape index (κ1) is 21.5. The van der Waals surface area contributed by atoms with Gasteiger partial charge in [0.05, 0.1) is 6.61 Å². The van der Waals surface area contributed by atoms with E-state index in [2.05, 4.69) is 4.74 Å². The number of hydrogen-bond acceptors (Lipinski definition) is 5. The summed E-state index contributed by atoms with van der Waals surface area (Å²) >= 11 is 0. The quantitative estimate of drug-likeness (QED) is 0.605. The van der Waals surface area contributed by atoms with Gasteiger partial charge in [0.2, 0.25) is 0 Å². The molecule has 10 heteroatoms. The first-order valence-electron chi connectivity index (χ1n) is 8.79. The third-order valence-corrected chi connectivity index (χ3v) is 4.28. The number of ether oxygens (including phenoxy) is 2. The molecule has 0 saturated carbocycles. The van der Waals surface area contributed by atoms with Gasteiger partial charge in [-0.15, -0.1) is 0 Å². The molecule has 1 aromatic rings. The number of rotatable bonds is 5. The van der Waals surface area contributed by atoms with Gasteiger partial charge < -0.3 is 19.7 Å². The highest BCUT2D eigenvalue weighted by atomic mass is 19.4. The highest BCUT2D eigenvalue weighted by molar-refractivity contribution is 5.94. The van der Waals surface area contributed by atoms with E-state index in [0.717, 1.165) is 0 Å². The number of benzene rings is 1. The van der Waals surface area contributed by atoms with Crippen LogP contribution in [0.25, 0.3) is 0 Å². The molecule has 1 N–H and O–H groups in total. The van der Waals surface area contributed by atoms with Gasteiger partial charge in [-0.25, -0.2) is 4.79 Å². The lowest BCUT2D eigenvalue weighted by molar-refractivity contribution is -0.173. The molecule has 1 aromatic carbocycles. The van der Waals surface area contributed by atoms with Gasteiger partial charge in [0.15, 0.2) is 0 Å². The van der Waals surface area contributed by atoms with Crippen LogP contribution in [0.1, 0.15) is 30.1 Å². The van der Waals surface area contributed by atoms with Gasteiger partial charge in [0.25, 0.3) is 5.91 Å². The van der Waals surface area contributed by atoms with Crippen molar-refractivity contribution in [1.29, 1.82) is 0 Å². The lowest BCUT2D eigenvalue weighted by Gasteiger charge is -2.32. The minimum absolute atomic E-state index is 0.0692. The zero-order chi connectivity index (χ0) is 20.7. The number of nitrogens with zero attached hydrogens (tertiary/aromatic N) is 1. The molecule has 0 bridgehead atoms. The average molecular weight is 402 g/mol. The number of halogens is 3. The number of likely N-dealkylation sites (tertiary alicyclic amines) is 1. The predicted molar refractivity (Wildman–Crippen MR) is 91.8 cm³/mol. The van der Waals surface area contributed by atoms with E-state index >= 15 is 0 Å². The second kappa shape index (κ2) is 9.43. The van der Waals surface area contributed by atoms with E-state index in [1.807, 2.05) is 5.32 Å². The summed E-state index contributed by atoms with van der Waals surface area (Å²) in [4.78, 5) is 36.2. The van der Waals surface area contributed by atoms with Crippen molar-refractivity contribution in [2.45, 2.75) is 25.9 Å². The van der Waals surface area contributed by atoms with Gasteiger partial charge in [0, 0.05) is 25.2 Å². The molecule has 1 fully saturated rings. The van der Waals surface area contributed by atoms with Gasteiger partial charge >= 0.3 is 18.2 Å². The molecule has 154 valence electrons. The highest BCUT2D eigenvalue weighted by Crippen LogP contribution is 2.21. The monoisotopic (exact) mass is 402 g/mol. The molecule has 0 atom stereocenters. The first-order valence-corrected chi connectivity index (χ1v) is 8.79. The van der Waals surface area contributed by atoms with Gasteiger partial charge in [-0.3, -0.25) is 9.59 Å². The number of nitrogens with one attached hydrogen (secondary N) is 1. The number of carbonyl (C=O) groups is 3. The molecule has 0 radical (unpaired) electrons. The second-order valence-electron chi connectivity index (χ2n) is 6.25. The Morgan fingerprint density at radius 2 is 1.75 bits per heavy atom. The zero-order valence-corrected chi connectivity index (χ0v) is 15.3. The fraction of sp³-hybridized carbons (Fsp3) is 0.500. The molecule has 1 saturated heterocycles. The minimum Gasteiger partial charge on any atom is -0.434 e. The molecule has 0 spiro atoms. The van der Waals surface area contributed by atoms with Crippen molar-refractivity contribution in [3.63, 3.8) is 0 Å². The van der Waals surface area contributed by atoms with Crippen molar-refractivity contribution in [2.24, 2.45) is 5.92 Å². The fourth-order valence-electron chi connectivity index (χ4n) is 2.77. The molecular formula is C18H21F3N2O5. The normalized spacial score (nSPS) is 15.1. The predicted octanol–water partition coefficient (Wildman–Crippen LogP) is 2.75. The topological polar surface area (TPSA) is 84.9 Å². The largest absolute Gasteiger partial charge is 0.513 e. The highest BCUT2D eigenvalue weighted by Gasteiger charge is 2.38. The molecule has 2 rings (SSSR count). The maximum absolute atomic E-state index is 12.5. The Hall–Kier alpha value is -2.78. The van der Waals surface area contributed by atoms with Crippen LogP contribution in [-0.4, -0.2) is 55.3 Å². The number of alkyl halides is 3. The summed E-state index contributed by atoms with van der Waals surface area (Å²) in [5, 5.41) is 1.88.